The molecule has 1 aromatic heterocycles. The topological polar surface area (TPSA) is 55.9 Å². The Hall–Kier alpha value is -1.19. The standard InChI is InChI=1S/C17H34N4/c1-5-6-7-8-9-10-11-12-13-19-17-16(18)15(4)20-21(17)14(2)3/h14,19H,5-13,18H2,1-4H3. The van der Waals surface area contributed by atoms with Gasteiger partial charge in [0.1, 0.15) is 5.82 Å². The number of nitrogen functional groups attached to an aromatic ring is 1. The number of hydrogen-bond acceptors (Lipinski definition) is 3. The van der Waals surface area contributed by atoms with E-state index in [1.807, 2.05) is 11.6 Å². The summed E-state index contributed by atoms with van der Waals surface area (Å²) in [6, 6.07) is 0.335. The summed E-state index contributed by atoms with van der Waals surface area (Å²) in [4.78, 5) is 0. The van der Waals surface area contributed by atoms with Gasteiger partial charge in [0.05, 0.1) is 11.4 Å². The molecule has 0 radical (unpaired) electrons. The third-order valence-corrected chi connectivity index (χ3v) is 3.94. The Morgan fingerprint density at radius 3 is 2.19 bits per heavy atom. The summed E-state index contributed by atoms with van der Waals surface area (Å²) < 4.78 is 2.00. The summed E-state index contributed by atoms with van der Waals surface area (Å²) in [5, 5.41) is 7.97. The molecular formula is C17H34N4. The third-order valence-electron chi connectivity index (χ3n) is 3.94. The lowest BCUT2D eigenvalue weighted by atomic mass is 10.1. The van der Waals surface area contributed by atoms with E-state index < -0.39 is 0 Å². The van der Waals surface area contributed by atoms with E-state index in [2.05, 4.69) is 31.2 Å². The van der Waals surface area contributed by atoms with Gasteiger partial charge in [0.25, 0.3) is 0 Å². The highest BCUT2D eigenvalue weighted by Crippen LogP contribution is 2.25. The van der Waals surface area contributed by atoms with Crippen molar-refractivity contribution in [3.8, 4) is 0 Å². The molecule has 0 saturated heterocycles. The summed E-state index contributed by atoms with van der Waals surface area (Å²) in [6.45, 7) is 9.48. The van der Waals surface area contributed by atoms with Gasteiger partial charge in [-0.05, 0) is 27.2 Å². The Morgan fingerprint density at radius 1 is 1.05 bits per heavy atom. The van der Waals surface area contributed by atoms with Gasteiger partial charge >= 0.3 is 0 Å². The van der Waals surface area contributed by atoms with Crippen LogP contribution >= 0.6 is 0 Å². The molecule has 3 N–H and O–H groups in total. The zero-order chi connectivity index (χ0) is 15.7. The number of aryl methyl sites for hydroxylation is 1. The Morgan fingerprint density at radius 2 is 1.62 bits per heavy atom. The molecule has 122 valence electrons. The normalized spacial score (nSPS) is 11.3. The van der Waals surface area contributed by atoms with Crippen LogP contribution < -0.4 is 11.1 Å². The Balaban J connectivity index is 2.21. The van der Waals surface area contributed by atoms with Crippen LogP contribution in [0.5, 0.6) is 0 Å². The first-order valence-electron chi connectivity index (χ1n) is 8.66. The lowest BCUT2D eigenvalue weighted by molar-refractivity contribution is 0.532. The average Bonchev–Trinajstić information content (AvgIpc) is 2.74. The van der Waals surface area contributed by atoms with E-state index in [1.54, 1.807) is 0 Å². The molecule has 0 aliphatic rings. The Kier molecular flexibility index (Phi) is 8.24. The van der Waals surface area contributed by atoms with E-state index in [4.69, 9.17) is 5.73 Å². The van der Waals surface area contributed by atoms with Crippen LogP contribution in [0.3, 0.4) is 0 Å². The molecule has 0 amide bonds. The van der Waals surface area contributed by atoms with Crippen LogP contribution in [0.2, 0.25) is 0 Å². The summed E-state index contributed by atoms with van der Waals surface area (Å²) in [6.07, 6.45) is 10.7. The number of nitrogens with zero attached hydrogens (tertiary/aromatic N) is 2. The number of rotatable bonds is 11. The Labute approximate surface area is 130 Å². The van der Waals surface area contributed by atoms with Crippen LogP contribution in [-0.2, 0) is 0 Å². The number of hydrogen-bond donors (Lipinski definition) is 2. The fourth-order valence-electron chi connectivity index (χ4n) is 2.58. The second-order valence-corrected chi connectivity index (χ2v) is 6.29. The maximum atomic E-state index is 6.10. The van der Waals surface area contributed by atoms with Gasteiger partial charge in [0.15, 0.2) is 0 Å². The third kappa shape index (κ3) is 5.98. The minimum atomic E-state index is 0.335. The molecular weight excluding hydrogens is 260 g/mol. The summed E-state index contributed by atoms with van der Waals surface area (Å²) in [5.74, 6) is 0.991. The number of unbranched alkanes of at least 4 members (excludes halogenated alkanes) is 7. The van der Waals surface area contributed by atoms with Crippen LogP contribution in [0.15, 0.2) is 0 Å². The minimum Gasteiger partial charge on any atom is -0.394 e. The molecule has 0 aromatic carbocycles. The fraction of sp³-hybridized carbons (Fsp3) is 0.824. The van der Waals surface area contributed by atoms with Gasteiger partial charge in [0, 0.05) is 12.6 Å². The van der Waals surface area contributed by atoms with Gasteiger partial charge in [-0.15, -0.1) is 0 Å². The number of nitrogens with one attached hydrogen (secondary N) is 1. The molecule has 0 fully saturated rings. The molecule has 0 saturated carbocycles. The molecule has 0 spiro atoms. The highest BCUT2D eigenvalue weighted by molar-refractivity contribution is 5.64. The van der Waals surface area contributed by atoms with Crippen LogP contribution in [0.25, 0.3) is 0 Å². The van der Waals surface area contributed by atoms with Gasteiger partial charge in [-0.2, -0.15) is 5.10 Å². The lowest BCUT2D eigenvalue weighted by Gasteiger charge is -2.13. The molecule has 1 heterocycles. The van der Waals surface area contributed by atoms with Gasteiger partial charge < -0.3 is 11.1 Å². The first-order valence-corrected chi connectivity index (χ1v) is 8.66. The first-order chi connectivity index (χ1) is 10.1. The summed E-state index contributed by atoms with van der Waals surface area (Å²) in [7, 11) is 0. The molecule has 4 nitrogen and oxygen atoms in total. The van der Waals surface area contributed by atoms with Crippen molar-refractivity contribution in [2.45, 2.75) is 85.1 Å². The predicted molar refractivity (Wildman–Crippen MR) is 92.9 cm³/mol. The molecule has 21 heavy (non-hydrogen) atoms. The van der Waals surface area contributed by atoms with E-state index in [0.717, 1.165) is 23.7 Å². The number of aromatic nitrogens is 2. The smallest absolute Gasteiger partial charge is 0.148 e. The van der Waals surface area contributed by atoms with E-state index in [0.29, 0.717) is 6.04 Å². The van der Waals surface area contributed by atoms with Gasteiger partial charge in [-0.1, -0.05) is 51.9 Å². The maximum Gasteiger partial charge on any atom is 0.148 e. The average molecular weight is 294 g/mol. The Bertz CT molecular complexity index is 396. The van der Waals surface area contributed by atoms with E-state index in [1.165, 1.54) is 51.4 Å². The van der Waals surface area contributed by atoms with Gasteiger partial charge in [-0.3, -0.25) is 0 Å². The molecule has 4 heteroatoms. The summed E-state index contributed by atoms with van der Waals surface area (Å²) in [5.41, 5.74) is 7.82. The second-order valence-electron chi connectivity index (χ2n) is 6.29. The zero-order valence-electron chi connectivity index (χ0n) is 14.4. The molecule has 0 bridgehead atoms. The van der Waals surface area contributed by atoms with Crippen molar-refractivity contribution >= 4 is 11.5 Å². The van der Waals surface area contributed by atoms with Gasteiger partial charge in [-0.25, -0.2) is 4.68 Å². The lowest BCUT2D eigenvalue weighted by Crippen LogP contribution is -2.12. The van der Waals surface area contributed by atoms with Crippen LogP contribution in [0.1, 0.15) is 83.9 Å². The van der Waals surface area contributed by atoms with E-state index in [-0.39, 0.29) is 0 Å². The highest BCUT2D eigenvalue weighted by Gasteiger charge is 2.13. The maximum absolute atomic E-state index is 6.10. The van der Waals surface area contributed by atoms with Crippen molar-refractivity contribution < 1.29 is 0 Å². The van der Waals surface area contributed by atoms with Crippen molar-refractivity contribution in [1.82, 2.24) is 9.78 Å². The van der Waals surface area contributed by atoms with E-state index in [9.17, 15) is 0 Å². The van der Waals surface area contributed by atoms with Crippen molar-refractivity contribution in [3.63, 3.8) is 0 Å². The second kappa shape index (κ2) is 9.69. The predicted octanol–water partition coefficient (Wildman–Crippen LogP) is 4.91. The largest absolute Gasteiger partial charge is 0.394 e. The quantitative estimate of drug-likeness (QED) is 0.570. The first kappa shape index (κ1) is 17.9. The summed E-state index contributed by atoms with van der Waals surface area (Å²) >= 11 is 0. The number of nitrogens with two attached hydrogens (primary N) is 1. The van der Waals surface area contributed by atoms with Crippen molar-refractivity contribution in [2.75, 3.05) is 17.6 Å². The zero-order valence-corrected chi connectivity index (χ0v) is 14.4. The van der Waals surface area contributed by atoms with Crippen LogP contribution in [0, 0.1) is 6.92 Å². The van der Waals surface area contributed by atoms with E-state index >= 15 is 0 Å². The molecule has 0 aliphatic heterocycles. The molecule has 0 atom stereocenters. The highest BCUT2D eigenvalue weighted by atomic mass is 15.4. The van der Waals surface area contributed by atoms with Crippen LogP contribution in [0.4, 0.5) is 11.5 Å². The van der Waals surface area contributed by atoms with Crippen molar-refractivity contribution in [1.29, 1.82) is 0 Å². The monoisotopic (exact) mass is 294 g/mol. The molecule has 0 unspecified atom stereocenters. The number of anilines is 2. The van der Waals surface area contributed by atoms with Crippen molar-refractivity contribution in [2.24, 2.45) is 0 Å². The SMILES string of the molecule is CCCCCCCCCCNc1c(N)c(C)nn1C(C)C. The van der Waals surface area contributed by atoms with Gasteiger partial charge in [0.2, 0.25) is 0 Å². The van der Waals surface area contributed by atoms with Crippen LogP contribution in [-0.4, -0.2) is 16.3 Å². The molecule has 1 aromatic rings. The fourth-order valence-corrected chi connectivity index (χ4v) is 2.58. The molecule has 0 aliphatic carbocycles. The molecule has 1 rings (SSSR count). The van der Waals surface area contributed by atoms with Crippen molar-refractivity contribution in [3.05, 3.63) is 5.69 Å². The minimum absolute atomic E-state index is 0.335.